The van der Waals surface area contributed by atoms with Gasteiger partial charge in [-0.1, -0.05) is 25.8 Å². The van der Waals surface area contributed by atoms with Crippen molar-refractivity contribution in [3.05, 3.63) is 12.2 Å². The molecule has 0 heterocycles. The zero-order valence-electron chi connectivity index (χ0n) is 8.82. The summed E-state index contributed by atoms with van der Waals surface area (Å²) in [6.45, 7) is 3.44. The third-order valence-corrected chi connectivity index (χ3v) is 1.71. The lowest BCUT2D eigenvalue weighted by Gasteiger charge is -2.02. The normalized spacial score (nSPS) is 12.4. The second-order valence-electron chi connectivity index (χ2n) is 3.08. The van der Waals surface area contributed by atoms with E-state index in [1.54, 1.807) is 6.08 Å². The summed E-state index contributed by atoms with van der Waals surface area (Å²) in [6, 6.07) is 1.89. The fourth-order valence-electron chi connectivity index (χ4n) is 1.02. The van der Waals surface area contributed by atoms with Crippen LogP contribution >= 0.6 is 0 Å². The lowest BCUT2D eigenvalue weighted by Crippen LogP contribution is -2.10. The predicted octanol–water partition coefficient (Wildman–Crippen LogP) is 2.58. The maximum atomic E-state index is 10.5. The van der Waals surface area contributed by atoms with E-state index in [2.05, 4.69) is 6.92 Å². The van der Waals surface area contributed by atoms with E-state index < -0.39 is 12.1 Å². The van der Waals surface area contributed by atoms with E-state index in [0.29, 0.717) is 0 Å². The largest absolute Gasteiger partial charge is 0.443 e. The summed E-state index contributed by atoms with van der Waals surface area (Å²) in [5.41, 5.74) is 0. The number of nitrogens with zero attached hydrogens (tertiary/aromatic N) is 1. The summed E-state index contributed by atoms with van der Waals surface area (Å²) < 4.78 is 4.72. The predicted molar refractivity (Wildman–Crippen MR) is 54.4 cm³/mol. The SMILES string of the molecule is CCCCCC=C[C@H](C#N)OC(C)=O. The molecule has 0 aliphatic carbocycles. The van der Waals surface area contributed by atoms with E-state index >= 15 is 0 Å². The van der Waals surface area contributed by atoms with Crippen molar-refractivity contribution in [3.8, 4) is 6.07 Å². The summed E-state index contributed by atoms with van der Waals surface area (Å²) >= 11 is 0. The molecule has 0 aliphatic rings. The first kappa shape index (κ1) is 12.7. The van der Waals surface area contributed by atoms with Crippen molar-refractivity contribution in [3.63, 3.8) is 0 Å². The number of esters is 1. The summed E-state index contributed by atoms with van der Waals surface area (Å²) in [4.78, 5) is 10.5. The van der Waals surface area contributed by atoms with Crippen LogP contribution in [0.5, 0.6) is 0 Å². The van der Waals surface area contributed by atoms with Crippen LogP contribution in [0.4, 0.5) is 0 Å². The molecule has 0 rings (SSSR count). The number of hydrogen-bond donors (Lipinski definition) is 0. The highest BCUT2D eigenvalue weighted by molar-refractivity contribution is 5.66. The van der Waals surface area contributed by atoms with Crippen molar-refractivity contribution < 1.29 is 9.53 Å². The van der Waals surface area contributed by atoms with Gasteiger partial charge >= 0.3 is 5.97 Å². The van der Waals surface area contributed by atoms with Crippen molar-refractivity contribution in [2.24, 2.45) is 0 Å². The third kappa shape index (κ3) is 7.35. The van der Waals surface area contributed by atoms with Gasteiger partial charge in [-0.15, -0.1) is 0 Å². The number of rotatable bonds is 6. The van der Waals surface area contributed by atoms with Gasteiger partial charge in [0.2, 0.25) is 6.10 Å². The fourth-order valence-corrected chi connectivity index (χ4v) is 1.02. The smallest absolute Gasteiger partial charge is 0.304 e. The molecule has 0 aromatic heterocycles. The highest BCUT2D eigenvalue weighted by atomic mass is 16.5. The highest BCUT2D eigenvalue weighted by Crippen LogP contribution is 2.01. The van der Waals surface area contributed by atoms with Gasteiger partial charge in [-0.3, -0.25) is 4.79 Å². The summed E-state index contributed by atoms with van der Waals surface area (Å²) in [5.74, 6) is -0.422. The molecule has 0 aromatic carbocycles. The van der Waals surface area contributed by atoms with E-state index in [1.165, 1.54) is 19.8 Å². The summed E-state index contributed by atoms with van der Waals surface area (Å²) in [5, 5.41) is 8.60. The zero-order valence-corrected chi connectivity index (χ0v) is 8.82. The quantitative estimate of drug-likeness (QED) is 0.372. The monoisotopic (exact) mass is 195 g/mol. The average Bonchev–Trinajstić information content (AvgIpc) is 2.15. The van der Waals surface area contributed by atoms with Gasteiger partial charge in [-0.05, 0) is 18.9 Å². The Morgan fingerprint density at radius 1 is 1.57 bits per heavy atom. The van der Waals surface area contributed by atoms with Crippen molar-refractivity contribution in [1.82, 2.24) is 0 Å². The molecular formula is C11H17NO2. The first-order chi connectivity index (χ1) is 6.70. The number of hydrogen-bond acceptors (Lipinski definition) is 3. The zero-order chi connectivity index (χ0) is 10.8. The molecule has 78 valence electrons. The van der Waals surface area contributed by atoms with Crippen molar-refractivity contribution in [2.75, 3.05) is 0 Å². The highest BCUT2D eigenvalue weighted by Gasteiger charge is 2.04. The van der Waals surface area contributed by atoms with Crippen LogP contribution in [0.15, 0.2) is 12.2 Å². The van der Waals surface area contributed by atoms with Crippen molar-refractivity contribution >= 4 is 5.97 Å². The van der Waals surface area contributed by atoms with Gasteiger partial charge in [0.1, 0.15) is 6.07 Å². The molecule has 0 N–H and O–H groups in total. The molecule has 0 spiro atoms. The molecule has 0 bridgehead atoms. The Hall–Kier alpha value is -1.30. The second-order valence-corrected chi connectivity index (χ2v) is 3.08. The number of carbonyl (C=O) groups is 1. The molecule has 0 radical (unpaired) electrons. The molecule has 3 heteroatoms. The number of nitriles is 1. The minimum atomic E-state index is -0.728. The van der Waals surface area contributed by atoms with Gasteiger partial charge in [0.25, 0.3) is 0 Å². The van der Waals surface area contributed by atoms with E-state index in [4.69, 9.17) is 10.00 Å². The Labute approximate surface area is 85.4 Å². The molecule has 0 saturated heterocycles. The van der Waals surface area contributed by atoms with Crippen LogP contribution in [-0.4, -0.2) is 12.1 Å². The number of ether oxygens (including phenoxy) is 1. The molecule has 0 aromatic rings. The maximum absolute atomic E-state index is 10.5. The van der Waals surface area contributed by atoms with Gasteiger partial charge in [0.15, 0.2) is 0 Å². The molecule has 0 fully saturated rings. The average molecular weight is 195 g/mol. The first-order valence-corrected chi connectivity index (χ1v) is 4.94. The second kappa shape index (κ2) is 8.31. The fraction of sp³-hybridized carbons (Fsp3) is 0.636. The van der Waals surface area contributed by atoms with Crippen molar-refractivity contribution in [2.45, 2.75) is 45.6 Å². The van der Waals surface area contributed by atoms with Gasteiger partial charge < -0.3 is 4.74 Å². The molecule has 0 amide bonds. The Morgan fingerprint density at radius 2 is 2.29 bits per heavy atom. The Morgan fingerprint density at radius 3 is 2.79 bits per heavy atom. The third-order valence-electron chi connectivity index (χ3n) is 1.71. The van der Waals surface area contributed by atoms with Crippen LogP contribution in [0.25, 0.3) is 0 Å². The van der Waals surface area contributed by atoms with Crippen LogP contribution in [0.2, 0.25) is 0 Å². The van der Waals surface area contributed by atoms with Gasteiger partial charge in [0.05, 0.1) is 0 Å². The number of carbonyl (C=O) groups excluding carboxylic acids is 1. The van der Waals surface area contributed by atoms with Crippen molar-refractivity contribution in [1.29, 1.82) is 5.26 Å². The standard InChI is InChI=1S/C11H17NO2/c1-3-4-5-6-7-8-11(9-12)14-10(2)13/h7-8,11H,3-6H2,1-2H3/t11-/m1/s1. The molecule has 1 atom stereocenters. The Balaban J connectivity index is 3.71. The lowest BCUT2D eigenvalue weighted by molar-refractivity contribution is -0.142. The number of unbranched alkanes of at least 4 members (excludes halogenated alkanes) is 3. The Bertz CT molecular complexity index is 228. The number of allylic oxidation sites excluding steroid dienone is 1. The molecule has 0 unspecified atom stereocenters. The van der Waals surface area contributed by atoms with Crippen LogP contribution < -0.4 is 0 Å². The van der Waals surface area contributed by atoms with Crippen LogP contribution in [-0.2, 0) is 9.53 Å². The summed E-state index contributed by atoms with van der Waals surface area (Å²) in [7, 11) is 0. The van der Waals surface area contributed by atoms with Gasteiger partial charge in [0, 0.05) is 6.92 Å². The van der Waals surface area contributed by atoms with E-state index in [0.717, 1.165) is 12.8 Å². The van der Waals surface area contributed by atoms with Crippen LogP contribution in [0.1, 0.15) is 39.5 Å². The molecule has 14 heavy (non-hydrogen) atoms. The van der Waals surface area contributed by atoms with Crippen LogP contribution in [0.3, 0.4) is 0 Å². The topological polar surface area (TPSA) is 50.1 Å². The van der Waals surface area contributed by atoms with Crippen LogP contribution in [0, 0.1) is 11.3 Å². The molecule has 0 saturated carbocycles. The van der Waals surface area contributed by atoms with E-state index in [9.17, 15) is 4.79 Å². The van der Waals surface area contributed by atoms with Gasteiger partial charge in [-0.2, -0.15) is 5.26 Å². The Kier molecular flexibility index (Phi) is 7.53. The van der Waals surface area contributed by atoms with E-state index in [1.807, 2.05) is 12.1 Å². The maximum Gasteiger partial charge on any atom is 0.304 e. The lowest BCUT2D eigenvalue weighted by atomic mass is 10.2. The summed E-state index contributed by atoms with van der Waals surface area (Å²) in [6.07, 6.45) is 7.23. The first-order valence-electron chi connectivity index (χ1n) is 4.94. The van der Waals surface area contributed by atoms with Gasteiger partial charge in [-0.25, -0.2) is 0 Å². The molecule has 0 aliphatic heterocycles. The molecule has 3 nitrogen and oxygen atoms in total. The van der Waals surface area contributed by atoms with E-state index in [-0.39, 0.29) is 0 Å². The minimum Gasteiger partial charge on any atom is -0.443 e. The minimum absolute atomic E-state index is 0.422. The molecular weight excluding hydrogens is 178 g/mol.